The van der Waals surface area contributed by atoms with Crippen LogP contribution >= 0.6 is 0 Å². The highest BCUT2D eigenvalue weighted by atomic mass is 19.3. The third kappa shape index (κ3) is 13.8. The van der Waals surface area contributed by atoms with Crippen molar-refractivity contribution in [3.8, 4) is 11.1 Å². The number of fused-ring (bicyclic) bond motifs is 4. The number of piperidine rings is 2. The van der Waals surface area contributed by atoms with E-state index in [0.29, 0.717) is 122 Å². The van der Waals surface area contributed by atoms with E-state index in [1.54, 1.807) is 68.5 Å². The van der Waals surface area contributed by atoms with Gasteiger partial charge < -0.3 is 49.6 Å². The molecule has 28 heteroatoms. The number of aromatic nitrogens is 8. The van der Waals surface area contributed by atoms with Crippen LogP contribution in [0.25, 0.3) is 32.9 Å². The minimum Gasteiger partial charge on any atom is -0.468 e. The Morgan fingerprint density at radius 2 is 1.52 bits per heavy atom. The first-order chi connectivity index (χ1) is 41.8. The topological polar surface area (TPSA) is 284 Å². The fourth-order valence-corrected chi connectivity index (χ4v) is 12.1. The molecule has 466 valence electrons. The zero-order valence-corrected chi connectivity index (χ0v) is 49.2. The van der Waals surface area contributed by atoms with Gasteiger partial charge in [-0.15, -0.1) is 0 Å². The van der Waals surface area contributed by atoms with Gasteiger partial charge in [0.1, 0.15) is 18.9 Å². The number of H-pyrrole nitrogens is 1. The molecule has 2 atom stereocenters. The number of benzene rings is 2. The molecule has 0 spiro atoms. The Labute approximate surface area is 498 Å². The number of esters is 1. The fraction of sp³-hybridized carbons (Fsp3) is 0.542. The molecule has 0 unspecified atom stereocenters. The molecular formula is C59H73F3N14O11. The van der Waals surface area contributed by atoms with Crippen molar-refractivity contribution in [3.63, 3.8) is 0 Å². The van der Waals surface area contributed by atoms with Crippen molar-refractivity contribution < 1.29 is 65.7 Å². The summed E-state index contributed by atoms with van der Waals surface area (Å²) in [6, 6.07) is 8.60. The van der Waals surface area contributed by atoms with Gasteiger partial charge in [0.05, 0.1) is 101 Å². The normalized spacial score (nSPS) is 18.3. The number of aryl methyl sites for hydroxylation is 1. The van der Waals surface area contributed by atoms with Gasteiger partial charge in [0.15, 0.2) is 5.69 Å². The Bertz CT molecular complexity index is 3530. The summed E-state index contributed by atoms with van der Waals surface area (Å²) in [5.74, 6) is -6.73. The highest BCUT2D eigenvalue weighted by Gasteiger charge is 2.78. The van der Waals surface area contributed by atoms with Crippen LogP contribution in [-0.2, 0) is 74.1 Å². The Balaban J connectivity index is 0.584. The number of aromatic amines is 1. The van der Waals surface area contributed by atoms with E-state index in [4.69, 9.17) is 19.3 Å². The number of alkyl halides is 2. The molecule has 87 heavy (non-hydrogen) atoms. The number of carbonyl (C=O) groups excluding carboxylic acids is 7. The lowest BCUT2D eigenvalue weighted by molar-refractivity contribution is -0.141. The number of anilines is 1. The van der Waals surface area contributed by atoms with Gasteiger partial charge in [-0.2, -0.15) is 20.4 Å². The predicted octanol–water partition coefficient (Wildman–Crippen LogP) is 3.92. The van der Waals surface area contributed by atoms with Crippen molar-refractivity contribution in [2.75, 3.05) is 105 Å². The lowest BCUT2D eigenvalue weighted by Crippen LogP contribution is -2.41. The maximum atomic E-state index is 16.0. The quantitative estimate of drug-likeness (QED) is 0.0442. The lowest BCUT2D eigenvalue weighted by atomic mass is 9.87. The second-order valence-corrected chi connectivity index (χ2v) is 22.9. The molecule has 2 saturated heterocycles. The maximum Gasteiger partial charge on any atom is 0.325 e. The van der Waals surface area contributed by atoms with Crippen LogP contribution in [0.4, 0.5) is 18.9 Å². The summed E-state index contributed by atoms with van der Waals surface area (Å²) in [5, 5.41) is 30.0. The van der Waals surface area contributed by atoms with Gasteiger partial charge in [0.2, 0.25) is 29.5 Å². The molecule has 2 aliphatic heterocycles. The van der Waals surface area contributed by atoms with E-state index in [1.807, 2.05) is 12.1 Å². The van der Waals surface area contributed by atoms with Crippen LogP contribution < -0.4 is 16.0 Å². The van der Waals surface area contributed by atoms with Gasteiger partial charge in [-0.1, -0.05) is 19.1 Å². The molecule has 0 bridgehead atoms. The molecule has 4 aliphatic rings. The third-order valence-electron chi connectivity index (χ3n) is 17.3. The van der Waals surface area contributed by atoms with E-state index >= 15 is 4.39 Å². The molecule has 2 aliphatic carbocycles. The van der Waals surface area contributed by atoms with Crippen LogP contribution in [0.15, 0.2) is 48.9 Å². The van der Waals surface area contributed by atoms with E-state index < -0.39 is 46.8 Å². The molecule has 4 aromatic heterocycles. The van der Waals surface area contributed by atoms with Gasteiger partial charge in [0, 0.05) is 117 Å². The molecular weight excluding hydrogens is 1140 g/mol. The first-order valence-corrected chi connectivity index (χ1v) is 29.4. The van der Waals surface area contributed by atoms with Crippen molar-refractivity contribution in [2.45, 2.75) is 89.1 Å². The number of halogens is 3. The zero-order chi connectivity index (χ0) is 61.6. The standard InChI is InChI=1S/C59H73F3N14O11/c1-58-29-44-42(28-47(58)59(58,61)62)56(69-68-44)57(83)67-38-31-66-75(33-38)39-12-18-74(19-13-39)51(80)14-20-85-22-24-87-25-23-86-21-15-63-48(77)8-9-50(79)73-16-10-36(11-17-73)55-54-40(41-27-46-37(26-43(41)60)30-65-72(46)3)6-5-7-45(54)76(70-55)35-52(81)71(2)34-49(78)64-32-53(82)84-4/h5-7,26-27,30-31,33,36,39,47H,8-25,28-29,32,34-35H2,1-4H3,(H,63,77)(H,64,78)(H,67,83)(H,68,69)/t47-,58+/m1/s1. The molecule has 25 nitrogen and oxygen atoms in total. The number of rotatable bonds is 26. The van der Waals surface area contributed by atoms with Crippen LogP contribution in [0.3, 0.4) is 0 Å². The van der Waals surface area contributed by atoms with Crippen molar-refractivity contribution in [3.05, 3.63) is 77.4 Å². The Hall–Kier alpha value is -8.24. The number of methoxy groups -OCH3 is 1. The van der Waals surface area contributed by atoms with Crippen molar-refractivity contribution in [1.29, 1.82) is 0 Å². The molecule has 2 aromatic carbocycles. The molecule has 1 saturated carbocycles. The van der Waals surface area contributed by atoms with Crippen LogP contribution in [0.2, 0.25) is 0 Å². The molecule has 6 heterocycles. The van der Waals surface area contributed by atoms with E-state index in [2.05, 4.69) is 41.1 Å². The highest BCUT2D eigenvalue weighted by molar-refractivity contribution is 6.04. The van der Waals surface area contributed by atoms with Crippen LogP contribution in [0, 0.1) is 17.2 Å². The summed E-state index contributed by atoms with van der Waals surface area (Å²) in [4.78, 5) is 94.5. The number of nitrogens with one attached hydrogen (secondary N) is 4. The largest absolute Gasteiger partial charge is 0.468 e. The molecule has 10 rings (SSSR count). The summed E-state index contributed by atoms with van der Waals surface area (Å²) >= 11 is 0. The van der Waals surface area contributed by atoms with Gasteiger partial charge in [-0.05, 0) is 55.9 Å². The van der Waals surface area contributed by atoms with Gasteiger partial charge in [0.25, 0.3) is 11.8 Å². The number of amides is 6. The molecule has 6 aromatic rings. The summed E-state index contributed by atoms with van der Waals surface area (Å²) in [6.45, 7) is 4.48. The van der Waals surface area contributed by atoms with Gasteiger partial charge in [-0.25, -0.2) is 13.2 Å². The second-order valence-electron chi connectivity index (χ2n) is 22.9. The Kier molecular flexibility index (Phi) is 19.0. The number of hydrogen-bond acceptors (Lipinski definition) is 15. The van der Waals surface area contributed by atoms with Crippen molar-refractivity contribution in [1.82, 2.24) is 64.9 Å². The summed E-state index contributed by atoms with van der Waals surface area (Å²) in [5.41, 5.74) is 3.50. The first kappa shape index (κ1) is 61.8. The van der Waals surface area contributed by atoms with Crippen LogP contribution in [0.5, 0.6) is 0 Å². The SMILES string of the molecule is COC(=O)CNC(=O)CN(C)C(=O)Cn1nc(C2CCN(C(=O)CCC(=O)NCCOCCOCCOCCC(=O)N3CCC(n4cc(NC(=O)c5n[nH]c6c5C[C@H]5C(F)(F)[C@@]5(C)C6)cn4)CC3)CC2)c2c(-c3cc4c(cnn4C)cc3F)cccc21. The smallest absolute Gasteiger partial charge is 0.325 e. The minimum absolute atomic E-state index is 0.00258. The van der Waals surface area contributed by atoms with E-state index in [1.165, 1.54) is 25.1 Å². The van der Waals surface area contributed by atoms with Crippen LogP contribution in [-0.4, -0.2) is 201 Å². The van der Waals surface area contributed by atoms with Gasteiger partial charge >= 0.3 is 5.97 Å². The van der Waals surface area contributed by atoms with E-state index in [9.17, 15) is 42.3 Å². The van der Waals surface area contributed by atoms with E-state index in [0.717, 1.165) is 5.52 Å². The number of nitrogens with zero attached hydrogens (tertiary/aromatic N) is 10. The molecule has 4 N–H and O–H groups in total. The average molecular weight is 1210 g/mol. The number of likely N-dealkylation sites (tertiary alicyclic amines) is 2. The first-order valence-electron chi connectivity index (χ1n) is 29.4. The maximum absolute atomic E-state index is 16.0. The third-order valence-corrected chi connectivity index (χ3v) is 17.3. The summed E-state index contributed by atoms with van der Waals surface area (Å²) in [7, 11) is 4.44. The zero-order valence-electron chi connectivity index (χ0n) is 49.2. The molecule has 3 fully saturated rings. The Morgan fingerprint density at radius 1 is 0.816 bits per heavy atom. The average Bonchev–Trinajstić information content (AvgIpc) is 1.57. The molecule has 6 amide bonds. The number of carbonyl (C=O) groups is 7. The van der Waals surface area contributed by atoms with Crippen LogP contribution in [0.1, 0.15) is 91.3 Å². The fourth-order valence-electron chi connectivity index (χ4n) is 12.1. The van der Waals surface area contributed by atoms with E-state index in [-0.39, 0.29) is 113 Å². The molecule has 0 radical (unpaired) electrons. The number of likely N-dealkylation sites (N-methyl/N-ethyl adjacent to an activating group) is 1. The lowest BCUT2D eigenvalue weighted by Gasteiger charge is -2.32. The highest BCUT2D eigenvalue weighted by Crippen LogP contribution is 2.70. The minimum atomic E-state index is -2.76. The predicted molar refractivity (Wildman–Crippen MR) is 308 cm³/mol. The second kappa shape index (κ2) is 26.8. The summed E-state index contributed by atoms with van der Waals surface area (Å²) in [6.07, 6.45) is 7.76. The van der Waals surface area contributed by atoms with Crippen molar-refractivity contribution in [2.24, 2.45) is 18.4 Å². The number of hydrogen-bond donors (Lipinski definition) is 4. The van der Waals surface area contributed by atoms with Gasteiger partial charge in [-0.3, -0.25) is 52.7 Å². The monoisotopic (exact) mass is 1210 g/mol. The number of ether oxygens (including phenoxy) is 4. The summed E-state index contributed by atoms with van der Waals surface area (Å²) < 4.78 is 71.1. The Morgan fingerprint density at radius 3 is 2.25 bits per heavy atom. The van der Waals surface area contributed by atoms with Crippen molar-refractivity contribution >= 4 is 68.9 Å².